The quantitative estimate of drug-likeness (QED) is 0.666. The van der Waals surface area contributed by atoms with Gasteiger partial charge in [-0.05, 0) is 57.3 Å². The van der Waals surface area contributed by atoms with Gasteiger partial charge in [0, 0.05) is 6.04 Å². The lowest BCUT2D eigenvalue weighted by atomic mass is 9.78. The Bertz CT molecular complexity index is 191. The van der Waals surface area contributed by atoms with Gasteiger partial charge in [-0.15, -0.1) is 0 Å². The molecule has 0 aromatic heterocycles. The van der Waals surface area contributed by atoms with Crippen LogP contribution in [0.2, 0.25) is 0 Å². The fourth-order valence-corrected chi connectivity index (χ4v) is 2.75. The Labute approximate surface area is 108 Å². The molecule has 2 atom stereocenters. The van der Waals surface area contributed by atoms with Crippen molar-refractivity contribution in [2.24, 2.45) is 11.8 Å². The Balaban J connectivity index is 2.23. The molecule has 102 valence electrons. The number of unbranched alkanes of at least 4 members (excludes halogenated alkanes) is 1. The van der Waals surface area contributed by atoms with Crippen molar-refractivity contribution < 1.29 is 0 Å². The van der Waals surface area contributed by atoms with E-state index >= 15 is 0 Å². The van der Waals surface area contributed by atoms with E-state index in [0.717, 1.165) is 17.9 Å². The maximum atomic E-state index is 3.63. The first-order valence-corrected chi connectivity index (χ1v) is 7.63. The molecule has 0 aromatic carbocycles. The summed E-state index contributed by atoms with van der Waals surface area (Å²) < 4.78 is 0. The molecule has 2 heteroatoms. The number of rotatable bonds is 9. The van der Waals surface area contributed by atoms with E-state index < -0.39 is 0 Å². The Morgan fingerprint density at radius 3 is 2.47 bits per heavy atom. The van der Waals surface area contributed by atoms with Crippen molar-refractivity contribution >= 4 is 0 Å². The maximum absolute atomic E-state index is 3.63. The Morgan fingerprint density at radius 2 is 2.00 bits per heavy atom. The summed E-state index contributed by atoms with van der Waals surface area (Å²) in [6, 6.07) is 0.867. The van der Waals surface area contributed by atoms with Crippen molar-refractivity contribution in [3.63, 3.8) is 0 Å². The third-order valence-electron chi connectivity index (χ3n) is 4.01. The highest BCUT2D eigenvalue weighted by Gasteiger charge is 2.33. The minimum Gasteiger partial charge on any atom is -0.316 e. The number of nitrogens with one attached hydrogen (secondary N) is 1. The first-order chi connectivity index (χ1) is 8.19. The fourth-order valence-electron chi connectivity index (χ4n) is 2.75. The summed E-state index contributed by atoms with van der Waals surface area (Å²) in [4.78, 5) is 2.70. The van der Waals surface area contributed by atoms with Crippen LogP contribution >= 0.6 is 0 Å². The van der Waals surface area contributed by atoms with Crippen molar-refractivity contribution in [2.45, 2.75) is 59.4 Å². The zero-order valence-electron chi connectivity index (χ0n) is 12.3. The summed E-state index contributed by atoms with van der Waals surface area (Å²) in [7, 11) is 0. The predicted molar refractivity (Wildman–Crippen MR) is 76.4 cm³/mol. The zero-order valence-corrected chi connectivity index (χ0v) is 12.3. The van der Waals surface area contributed by atoms with Gasteiger partial charge in [0.05, 0.1) is 0 Å². The third-order valence-corrected chi connectivity index (χ3v) is 4.01. The average molecular weight is 240 g/mol. The average Bonchev–Trinajstić information content (AvgIpc) is 2.27. The predicted octanol–water partition coefficient (Wildman–Crippen LogP) is 3.13. The SMILES string of the molecule is CCCCN(CC)C1CCC1CNCC(C)C. The Morgan fingerprint density at radius 1 is 1.24 bits per heavy atom. The molecule has 1 aliphatic carbocycles. The lowest BCUT2D eigenvalue weighted by molar-refractivity contribution is 0.0645. The molecule has 0 radical (unpaired) electrons. The van der Waals surface area contributed by atoms with Crippen molar-refractivity contribution in [3.8, 4) is 0 Å². The van der Waals surface area contributed by atoms with E-state index in [2.05, 4.69) is 37.9 Å². The molecule has 0 amide bonds. The standard InChI is InChI=1S/C15H32N2/c1-5-7-10-17(6-2)15-9-8-14(15)12-16-11-13(3)4/h13-16H,5-12H2,1-4H3. The molecule has 0 bridgehead atoms. The topological polar surface area (TPSA) is 15.3 Å². The molecule has 2 unspecified atom stereocenters. The van der Waals surface area contributed by atoms with E-state index in [0.29, 0.717) is 0 Å². The number of nitrogens with zero attached hydrogens (tertiary/aromatic N) is 1. The molecular weight excluding hydrogens is 208 g/mol. The Hall–Kier alpha value is -0.0800. The molecule has 1 fully saturated rings. The fraction of sp³-hybridized carbons (Fsp3) is 1.00. The van der Waals surface area contributed by atoms with E-state index in [4.69, 9.17) is 0 Å². The molecule has 0 heterocycles. The normalized spacial score (nSPS) is 24.4. The van der Waals surface area contributed by atoms with Crippen LogP contribution < -0.4 is 5.32 Å². The lowest BCUT2D eigenvalue weighted by Gasteiger charge is -2.44. The highest BCUT2D eigenvalue weighted by molar-refractivity contribution is 4.89. The van der Waals surface area contributed by atoms with Crippen LogP contribution in [0.4, 0.5) is 0 Å². The van der Waals surface area contributed by atoms with Gasteiger partial charge in [-0.2, -0.15) is 0 Å². The molecule has 1 saturated carbocycles. The second kappa shape index (κ2) is 8.10. The third kappa shape index (κ3) is 4.97. The monoisotopic (exact) mass is 240 g/mol. The van der Waals surface area contributed by atoms with Gasteiger partial charge >= 0.3 is 0 Å². The van der Waals surface area contributed by atoms with Crippen molar-refractivity contribution in [1.29, 1.82) is 0 Å². The Kier molecular flexibility index (Phi) is 7.14. The minimum absolute atomic E-state index is 0.774. The molecule has 0 aromatic rings. The van der Waals surface area contributed by atoms with E-state index in [-0.39, 0.29) is 0 Å². The van der Waals surface area contributed by atoms with Gasteiger partial charge in [0.15, 0.2) is 0 Å². The molecule has 2 nitrogen and oxygen atoms in total. The molecule has 0 spiro atoms. The zero-order chi connectivity index (χ0) is 12.7. The minimum atomic E-state index is 0.774. The molecule has 1 rings (SSSR count). The van der Waals surface area contributed by atoms with Crippen LogP contribution in [0.25, 0.3) is 0 Å². The molecule has 0 aliphatic heterocycles. The number of hydrogen-bond donors (Lipinski definition) is 1. The van der Waals surface area contributed by atoms with E-state index in [9.17, 15) is 0 Å². The van der Waals surface area contributed by atoms with Crippen LogP contribution in [0.15, 0.2) is 0 Å². The summed E-state index contributed by atoms with van der Waals surface area (Å²) >= 11 is 0. The summed E-state index contributed by atoms with van der Waals surface area (Å²) in [5.41, 5.74) is 0. The molecule has 17 heavy (non-hydrogen) atoms. The molecule has 1 aliphatic rings. The molecule has 1 N–H and O–H groups in total. The summed E-state index contributed by atoms with van der Waals surface area (Å²) in [6.45, 7) is 14.1. The van der Waals surface area contributed by atoms with Crippen LogP contribution in [0.1, 0.15) is 53.4 Å². The van der Waals surface area contributed by atoms with Crippen LogP contribution in [0.5, 0.6) is 0 Å². The second-order valence-electron chi connectivity index (χ2n) is 5.94. The van der Waals surface area contributed by atoms with E-state index in [1.54, 1.807) is 0 Å². The van der Waals surface area contributed by atoms with Gasteiger partial charge in [0.25, 0.3) is 0 Å². The summed E-state index contributed by atoms with van der Waals surface area (Å²) in [6.07, 6.45) is 5.53. The van der Waals surface area contributed by atoms with Gasteiger partial charge in [-0.25, -0.2) is 0 Å². The highest BCUT2D eigenvalue weighted by atomic mass is 15.2. The summed E-state index contributed by atoms with van der Waals surface area (Å²) in [5, 5.41) is 3.63. The molecule has 0 saturated heterocycles. The van der Waals surface area contributed by atoms with Gasteiger partial charge in [-0.3, -0.25) is 0 Å². The first kappa shape index (κ1) is 15.0. The van der Waals surface area contributed by atoms with Crippen LogP contribution in [0, 0.1) is 11.8 Å². The van der Waals surface area contributed by atoms with Crippen molar-refractivity contribution in [3.05, 3.63) is 0 Å². The van der Waals surface area contributed by atoms with Gasteiger partial charge in [0.2, 0.25) is 0 Å². The highest BCUT2D eigenvalue weighted by Crippen LogP contribution is 2.31. The largest absolute Gasteiger partial charge is 0.316 e. The smallest absolute Gasteiger partial charge is 0.0136 e. The second-order valence-corrected chi connectivity index (χ2v) is 5.94. The van der Waals surface area contributed by atoms with Crippen molar-refractivity contribution in [2.75, 3.05) is 26.2 Å². The first-order valence-electron chi connectivity index (χ1n) is 7.63. The van der Waals surface area contributed by atoms with Crippen LogP contribution in [0.3, 0.4) is 0 Å². The van der Waals surface area contributed by atoms with Crippen molar-refractivity contribution in [1.82, 2.24) is 10.2 Å². The van der Waals surface area contributed by atoms with E-state index in [1.807, 2.05) is 0 Å². The van der Waals surface area contributed by atoms with Crippen LogP contribution in [-0.2, 0) is 0 Å². The van der Waals surface area contributed by atoms with Crippen LogP contribution in [-0.4, -0.2) is 37.1 Å². The van der Waals surface area contributed by atoms with Gasteiger partial charge in [0.1, 0.15) is 0 Å². The van der Waals surface area contributed by atoms with E-state index in [1.165, 1.54) is 51.9 Å². The lowest BCUT2D eigenvalue weighted by Crippen LogP contribution is -2.51. The number of hydrogen-bond acceptors (Lipinski definition) is 2. The molecular formula is C15H32N2. The summed E-state index contributed by atoms with van der Waals surface area (Å²) in [5.74, 6) is 1.68. The maximum Gasteiger partial charge on any atom is 0.0136 e. The van der Waals surface area contributed by atoms with Gasteiger partial charge in [-0.1, -0.05) is 34.1 Å². The van der Waals surface area contributed by atoms with Gasteiger partial charge < -0.3 is 10.2 Å².